The lowest BCUT2D eigenvalue weighted by Crippen LogP contribution is -2.34. The van der Waals surface area contributed by atoms with Gasteiger partial charge in [-0.25, -0.2) is 4.21 Å². The molecule has 2 aromatic rings. The average molecular weight is 425 g/mol. The SMILES string of the molecule is CC(C)(C[C@@H](c1ccc(Cl)c(Cl)c1)c1ncccc1C(F)(F)F)S(N)=O. The number of pyridine rings is 1. The molecule has 0 saturated heterocycles. The normalized spacial score (nSPS) is 14.9. The standard InChI is InChI=1S/C17H17Cl2F3N2OS/c1-16(2,26(23)25)9-11(10-5-6-13(18)14(19)8-10)15-12(17(20,21)22)4-3-7-24-15/h3-8,11H,9,23H2,1-2H3/t11-,26?/m0/s1. The molecule has 0 fully saturated rings. The predicted molar refractivity (Wildman–Crippen MR) is 98.6 cm³/mol. The first kappa shape index (κ1) is 21.2. The number of nitrogens with two attached hydrogens (primary N) is 1. The fraction of sp³-hybridized carbons (Fsp3) is 0.353. The Kier molecular flexibility index (Phi) is 6.38. The Morgan fingerprint density at radius 1 is 1.19 bits per heavy atom. The second-order valence-corrected chi connectivity index (χ2v) is 8.94. The van der Waals surface area contributed by atoms with Gasteiger partial charge in [0.15, 0.2) is 0 Å². The lowest BCUT2D eigenvalue weighted by Gasteiger charge is -2.29. The Balaban J connectivity index is 2.65. The summed E-state index contributed by atoms with van der Waals surface area (Å²) < 4.78 is 51.4. The van der Waals surface area contributed by atoms with Gasteiger partial charge in [0.25, 0.3) is 0 Å². The van der Waals surface area contributed by atoms with E-state index >= 15 is 0 Å². The highest BCUT2D eigenvalue weighted by atomic mass is 35.5. The van der Waals surface area contributed by atoms with Crippen molar-refractivity contribution in [1.29, 1.82) is 0 Å². The molecule has 0 spiro atoms. The van der Waals surface area contributed by atoms with Gasteiger partial charge in [0.2, 0.25) is 0 Å². The van der Waals surface area contributed by atoms with Crippen LogP contribution < -0.4 is 5.14 Å². The van der Waals surface area contributed by atoms with Crippen LogP contribution in [0.3, 0.4) is 0 Å². The van der Waals surface area contributed by atoms with Gasteiger partial charge in [-0.1, -0.05) is 29.3 Å². The minimum absolute atomic E-state index is 0.0775. The summed E-state index contributed by atoms with van der Waals surface area (Å²) in [7, 11) is -1.75. The van der Waals surface area contributed by atoms with Gasteiger partial charge in [0.1, 0.15) is 0 Å². The summed E-state index contributed by atoms with van der Waals surface area (Å²) in [6.07, 6.45) is -3.21. The minimum Gasteiger partial charge on any atom is -0.260 e. The fourth-order valence-electron chi connectivity index (χ4n) is 2.61. The molecule has 0 saturated carbocycles. The van der Waals surface area contributed by atoms with Crippen LogP contribution in [-0.2, 0) is 17.2 Å². The van der Waals surface area contributed by atoms with Crippen LogP contribution in [0.1, 0.15) is 43.0 Å². The molecule has 0 aliphatic rings. The Hall–Kier alpha value is -1.15. The van der Waals surface area contributed by atoms with Crippen LogP contribution in [0.5, 0.6) is 0 Å². The zero-order valence-corrected chi connectivity index (χ0v) is 16.3. The molecule has 2 rings (SSSR count). The van der Waals surface area contributed by atoms with Gasteiger partial charge in [-0.05, 0) is 50.1 Å². The summed E-state index contributed by atoms with van der Waals surface area (Å²) >= 11 is 12.0. The first-order valence-corrected chi connectivity index (χ1v) is 9.53. The topological polar surface area (TPSA) is 56.0 Å². The Morgan fingerprint density at radius 3 is 2.38 bits per heavy atom. The van der Waals surface area contributed by atoms with Crippen molar-refractivity contribution in [3.63, 3.8) is 0 Å². The summed E-state index contributed by atoms with van der Waals surface area (Å²) in [5.41, 5.74) is -0.534. The van der Waals surface area contributed by atoms with Crippen molar-refractivity contribution >= 4 is 34.2 Å². The third kappa shape index (κ3) is 4.76. The average Bonchev–Trinajstić information content (AvgIpc) is 2.54. The first-order chi connectivity index (χ1) is 11.9. The highest BCUT2D eigenvalue weighted by Crippen LogP contribution is 2.41. The van der Waals surface area contributed by atoms with E-state index in [0.29, 0.717) is 5.56 Å². The maximum Gasteiger partial charge on any atom is 0.418 e. The van der Waals surface area contributed by atoms with Gasteiger partial charge in [0.05, 0.1) is 37.0 Å². The summed E-state index contributed by atoms with van der Waals surface area (Å²) in [5.74, 6) is -0.815. The second-order valence-electron chi connectivity index (χ2n) is 6.42. The number of alkyl halides is 3. The molecule has 0 aliphatic heterocycles. The molecule has 1 heterocycles. The van der Waals surface area contributed by atoms with E-state index in [0.717, 1.165) is 6.07 Å². The van der Waals surface area contributed by atoms with Gasteiger partial charge in [-0.2, -0.15) is 13.2 Å². The van der Waals surface area contributed by atoms with Gasteiger partial charge in [-0.3, -0.25) is 10.1 Å². The Labute approximate surface area is 162 Å². The van der Waals surface area contributed by atoms with Gasteiger partial charge in [0, 0.05) is 12.1 Å². The van der Waals surface area contributed by atoms with Crippen LogP contribution in [0.4, 0.5) is 13.2 Å². The summed E-state index contributed by atoms with van der Waals surface area (Å²) in [6, 6.07) is 6.79. The number of halogens is 5. The minimum atomic E-state index is -4.58. The molecule has 142 valence electrons. The smallest absolute Gasteiger partial charge is 0.260 e. The largest absolute Gasteiger partial charge is 0.418 e. The van der Waals surface area contributed by atoms with Crippen molar-refractivity contribution in [1.82, 2.24) is 4.98 Å². The van der Waals surface area contributed by atoms with Crippen LogP contribution in [0.2, 0.25) is 10.0 Å². The zero-order valence-electron chi connectivity index (χ0n) is 14.0. The number of benzene rings is 1. The summed E-state index contributed by atoms with van der Waals surface area (Å²) in [5, 5.41) is 6.03. The van der Waals surface area contributed by atoms with Gasteiger partial charge < -0.3 is 0 Å². The van der Waals surface area contributed by atoms with Gasteiger partial charge >= 0.3 is 6.18 Å². The van der Waals surface area contributed by atoms with E-state index < -0.39 is 33.4 Å². The summed E-state index contributed by atoms with van der Waals surface area (Å²) in [4.78, 5) is 3.98. The third-order valence-electron chi connectivity index (χ3n) is 4.06. The second kappa shape index (κ2) is 7.84. The third-order valence-corrected chi connectivity index (χ3v) is 6.06. The van der Waals surface area contributed by atoms with Crippen molar-refractivity contribution < 1.29 is 17.4 Å². The van der Waals surface area contributed by atoms with Crippen LogP contribution in [-0.4, -0.2) is 13.9 Å². The van der Waals surface area contributed by atoms with Crippen molar-refractivity contribution in [2.75, 3.05) is 0 Å². The van der Waals surface area contributed by atoms with E-state index in [9.17, 15) is 17.4 Å². The molecule has 9 heteroatoms. The molecular weight excluding hydrogens is 408 g/mol. The summed E-state index contributed by atoms with van der Waals surface area (Å²) in [6.45, 7) is 3.26. The predicted octanol–water partition coefficient (Wildman–Crippen LogP) is 5.33. The molecule has 1 aromatic heterocycles. The molecule has 2 atom stereocenters. The first-order valence-electron chi connectivity index (χ1n) is 7.57. The highest BCUT2D eigenvalue weighted by Gasteiger charge is 2.39. The van der Waals surface area contributed by atoms with Crippen molar-refractivity contribution in [2.45, 2.75) is 37.1 Å². The molecule has 2 N–H and O–H groups in total. The molecular formula is C17H17Cl2F3N2OS. The van der Waals surface area contributed by atoms with Crippen LogP contribution in [0.25, 0.3) is 0 Å². The number of rotatable bonds is 5. The number of aromatic nitrogens is 1. The molecule has 26 heavy (non-hydrogen) atoms. The lowest BCUT2D eigenvalue weighted by atomic mass is 9.85. The maximum atomic E-state index is 13.5. The van der Waals surface area contributed by atoms with E-state index in [1.807, 2.05) is 0 Å². The fourth-order valence-corrected chi connectivity index (χ4v) is 3.25. The number of hydrogen-bond acceptors (Lipinski definition) is 2. The van der Waals surface area contributed by atoms with Crippen molar-refractivity contribution in [3.05, 3.63) is 63.4 Å². The number of hydrogen-bond donors (Lipinski definition) is 1. The van der Waals surface area contributed by atoms with E-state index in [-0.39, 0.29) is 22.2 Å². The van der Waals surface area contributed by atoms with Gasteiger partial charge in [-0.15, -0.1) is 0 Å². The van der Waals surface area contributed by atoms with Crippen LogP contribution in [0.15, 0.2) is 36.5 Å². The zero-order chi connectivity index (χ0) is 19.7. The molecule has 0 bridgehead atoms. The maximum absolute atomic E-state index is 13.5. The lowest BCUT2D eigenvalue weighted by molar-refractivity contribution is -0.138. The van der Waals surface area contributed by atoms with E-state index in [1.165, 1.54) is 24.4 Å². The van der Waals surface area contributed by atoms with E-state index in [2.05, 4.69) is 4.98 Å². The molecule has 3 nitrogen and oxygen atoms in total. The molecule has 1 unspecified atom stereocenters. The van der Waals surface area contributed by atoms with Crippen molar-refractivity contribution in [3.8, 4) is 0 Å². The highest BCUT2D eigenvalue weighted by molar-refractivity contribution is 7.84. The quantitative estimate of drug-likeness (QED) is 0.704. The van der Waals surface area contributed by atoms with Crippen LogP contribution in [0, 0.1) is 0 Å². The van der Waals surface area contributed by atoms with E-state index in [4.69, 9.17) is 28.3 Å². The van der Waals surface area contributed by atoms with E-state index in [1.54, 1.807) is 19.9 Å². The Morgan fingerprint density at radius 2 is 1.85 bits per heavy atom. The number of nitrogens with zero attached hydrogens (tertiary/aromatic N) is 1. The molecule has 0 amide bonds. The monoisotopic (exact) mass is 424 g/mol. The van der Waals surface area contributed by atoms with Crippen molar-refractivity contribution in [2.24, 2.45) is 5.14 Å². The molecule has 0 radical (unpaired) electrons. The molecule has 0 aliphatic carbocycles. The Bertz CT molecular complexity index is 828. The molecule has 1 aromatic carbocycles. The van der Waals surface area contributed by atoms with Crippen LogP contribution >= 0.6 is 23.2 Å².